The van der Waals surface area contributed by atoms with Gasteiger partial charge in [-0.3, -0.25) is 4.79 Å². The van der Waals surface area contributed by atoms with Crippen molar-refractivity contribution in [2.45, 2.75) is 101 Å². The van der Waals surface area contributed by atoms with E-state index in [-0.39, 0.29) is 10.8 Å². The molecule has 5 fully saturated rings. The van der Waals surface area contributed by atoms with Gasteiger partial charge < -0.3 is 11.1 Å². The minimum absolute atomic E-state index is 0.135. The predicted molar refractivity (Wildman–Crippen MR) is 122 cm³/mol. The Kier molecular flexibility index (Phi) is 5.46. The van der Waals surface area contributed by atoms with Crippen LogP contribution in [0, 0.1) is 23.2 Å². The molecule has 164 valence electrons. The fraction of sp³-hybridized carbons (Fsp3) is 0.741. The second-order valence-electron chi connectivity index (χ2n) is 11.3. The van der Waals surface area contributed by atoms with Crippen molar-refractivity contribution in [1.29, 1.82) is 0 Å². The van der Waals surface area contributed by atoms with E-state index in [1.54, 1.807) is 0 Å². The van der Waals surface area contributed by atoms with E-state index in [1.165, 1.54) is 37.7 Å². The van der Waals surface area contributed by atoms with Crippen molar-refractivity contribution >= 4 is 5.91 Å². The van der Waals surface area contributed by atoms with Gasteiger partial charge in [-0.15, -0.1) is 0 Å². The first-order valence-electron chi connectivity index (χ1n) is 12.7. The quantitative estimate of drug-likeness (QED) is 0.669. The van der Waals surface area contributed by atoms with E-state index in [1.807, 2.05) is 0 Å². The van der Waals surface area contributed by atoms with Gasteiger partial charge in [0.25, 0.3) is 0 Å². The van der Waals surface area contributed by atoms with E-state index in [9.17, 15) is 4.79 Å². The van der Waals surface area contributed by atoms with Crippen LogP contribution < -0.4 is 11.1 Å². The maximum Gasteiger partial charge on any atom is 0.226 e. The highest BCUT2D eigenvalue weighted by Crippen LogP contribution is 2.68. The lowest BCUT2D eigenvalue weighted by Gasteiger charge is -2.64. The van der Waals surface area contributed by atoms with Gasteiger partial charge in [-0.05, 0) is 92.9 Å². The summed E-state index contributed by atoms with van der Waals surface area (Å²) in [6.45, 7) is 2.31. The summed E-state index contributed by atoms with van der Waals surface area (Å²) in [5, 5.41) is 3.53. The largest absolute Gasteiger partial charge is 0.353 e. The summed E-state index contributed by atoms with van der Waals surface area (Å²) in [4.78, 5) is 13.8. The minimum Gasteiger partial charge on any atom is -0.353 e. The molecule has 3 N–H and O–H groups in total. The molecule has 3 heteroatoms. The molecule has 5 aliphatic carbocycles. The maximum absolute atomic E-state index is 13.8. The Balaban J connectivity index is 1.41. The zero-order valence-corrected chi connectivity index (χ0v) is 18.7. The van der Waals surface area contributed by atoms with Crippen molar-refractivity contribution in [2.24, 2.45) is 28.9 Å². The van der Waals surface area contributed by atoms with Gasteiger partial charge in [0.15, 0.2) is 0 Å². The van der Waals surface area contributed by atoms with E-state index in [0.29, 0.717) is 18.0 Å². The Morgan fingerprint density at radius 2 is 1.70 bits per heavy atom. The van der Waals surface area contributed by atoms with E-state index in [2.05, 4.69) is 42.6 Å². The number of benzene rings is 1. The van der Waals surface area contributed by atoms with Crippen molar-refractivity contribution < 1.29 is 4.79 Å². The molecule has 2 unspecified atom stereocenters. The number of rotatable bonds is 6. The highest BCUT2D eigenvalue weighted by atomic mass is 16.2. The number of amides is 1. The lowest BCUT2D eigenvalue weighted by Crippen LogP contribution is -2.62. The Bertz CT molecular complexity index is 735. The first-order valence-corrected chi connectivity index (χ1v) is 12.7. The monoisotopic (exact) mass is 408 g/mol. The average molecular weight is 409 g/mol. The van der Waals surface area contributed by atoms with E-state index in [4.69, 9.17) is 5.73 Å². The minimum atomic E-state index is -0.135. The number of nitrogens with two attached hydrogens (primary N) is 1. The van der Waals surface area contributed by atoms with E-state index < -0.39 is 0 Å². The van der Waals surface area contributed by atoms with Gasteiger partial charge in [-0.25, -0.2) is 0 Å². The van der Waals surface area contributed by atoms with Crippen LogP contribution in [0.15, 0.2) is 30.3 Å². The second-order valence-corrected chi connectivity index (χ2v) is 11.3. The smallest absolute Gasteiger partial charge is 0.226 e. The zero-order chi connectivity index (χ0) is 20.8. The topological polar surface area (TPSA) is 55.1 Å². The molecular formula is C27H40N2O. The summed E-state index contributed by atoms with van der Waals surface area (Å²) >= 11 is 0. The Labute approximate surface area is 182 Å². The summed E-state index contributed by atoms with van der Waals surface area (Å²) in [7, 11) is 0. The highest BCUT2D eigenvalue weighted by molar-refractivity contribution is 5.84. The fourth-order valence-electron chi connectivity index (χ4n) is 8.15. The van der Waals surface area contributed by atoms with E-state index >= 15 is 0 Å². The molecule has 0 radical (unpaired) electrons. The molecule has 5 saturated carbocycles. The SMILES string of the molecule is CCCCC1C2CC3(C(=O)NC4CCC(N)CC4)CC1CC(c1ccccc1)(C2)C3. The van der Waals surface area contributed by atoms with Gasteiger partial charge in [-0.1, -0.05) is 50.1 Å². The first-order chi connectivity index (χ1) is 14.5. The summed E-state index contributed by atoms with van der Waals surface area (Å²) in [5.41, 5.74) is 7.68. The zero-order valence-electron chi connectivity index (χ0n) is 18.7. The number of hydrogen-bond donors (Lipinski definition) is 2. The summed E-state index contributed by atoms with van der Waals surface area (Å²) in [6, 6.07) is 11.9. The lowest BCUT2D eigenvalue weighted by atomic mass is 9.39. The third-order valence-corrected chi connectivity index (χ3v) is 9.37. The van der Waals surface area contributed by atoms with Gasteiger partial charge in [-0.2, -0.15) is 0 Å². The molecular weight excluding hydrogens is 368 g/mol. The van der Waals surface area contributed by atoms with Crippen LogP contribution in [0.25, 0.3) is 0 Å². The van der Waals surface area contributed by atoms with Crippen LogP contribution in [0.2, 0.25) is 0 Å². The number of unbranched alkanes of at least 4 members (excludes halogenated alkanes) is 1. The van der Waals surface area contributed by atoms with Crippen LogP contribution in [-0.2, 0) is 10.2 Å². The molecule has 1 amide bonds. The normalized spacial score (nSPS) is 42.3. The van der Waals surface area contributed by atoms with Crippen molar-refractivity contribution in [1.82, 2.24) is 5.32 Å². The lowest BCUT2D eigenvalue weighted by molar-refractivity contribution is -0.159. The Morgan fingerprint density at radius 3 is 2.33 bits per heavy atom. The van der Waals surface area contributed by atoms with Gasteiger partial charge in [0.05, 0.1) is 5.41 Å². The second kappa shape index (κ2) is 7.97. The van der Waals surface area contributed by atoms with Gasteiger partial charge in [0.2, 0.25) is 5.91 Å². The fourth-order valence-corrected chi connectivity index (χ4v) is 8.15. The molecule has 6 rings (SSSR count). The van der Waals surface area contributed by atoms with Crippen molar-refractivity contribution in [3.8, 4) is 0 Å². The molecule has 0 aliphatic heterocycles. The van der Waals surface area contributed by atoms with Gasteiger partial charge >= 0.3 is 0 Å². The maximum atomic E-state index is 13.8. The standard InChI is InChI=1S/C27H40N2O/c1-2-3-9-24-19-14-26(21-7-5-4-6-8-21)15-20(24)17-27(16-19,18-26)25(30)29-23-12-10-22(28)11-13-23/h4-8,19-20,22-24H,2-3,9-18,28H2,1H3,(H,29,30). The van der Waals surface area contributed by atoms with Crippen LogP contribution in [0.1, 0.15) is 89.5 Å². The summed E-state index contributed by atoms with van der Waals surface area (Å²) < 4.78 is 0. The van der Waals surface area contributed by atoms with Gasteiger partial charge in [0, 0.05) is 12.1 Å². The first kappa shape index (κ1) is 20.5. The molecule has 5 aliphatic rings. The molecule has 1 aromatic rings. The van der Waals surface area contributed by atoms with Crippen LogP contribution >= 0.6 is 0 Å². The Hall–Kier alpha value is -1.35. The number of carbonyl (C=O) groups excluding carboxylic acids is 1. The van der Waals surface area contributed by atoms with Gasteiger partial charge in [0.1, 0.15) is 0 Å². The molecule has 30 heavy (non-hydrogen) atoms. The predicted octanol–water partition coefficient (Wildman–Crippen LogP) is 5.33. The Morgan fingerprint density at radius 1 is 1.03 bits per heavy atom. The van der Waals surface area contributed by atoms with Crippen LogP contribution in [0.4, 0.5) is 0 Å². The molecule has 0 heterocycles. The number of nitrogens with one attached hydrogen (secondary N) is 1. The summed E-state index contributed by atoms with van der Waals surface area (Å²) in [6.07, 6.45) is 14.1. The molecule has 0 aromatic heterocycles. The summed E-state index contributed by atoms with van der Waals surface area (Å²) in [5.74, 6) is 2.68. The van der Waals surface area contributed by atoms with Crippen molar-refractivity contribution in [3.05, 3.63) is 35.9 Å². The molecule has 0 spiro atoms. The van der Waals surface area contributed by atoms with Crippen molar-refractivity contribution in [2.75, 3.05) is 0 Å². The molecule has 0 saturated heterocycles. The average Bonchev–Trinajstić information content (AvgIpc) is 2.75. The molecule has 1 aromatic carbocycles. The molecule has 2 atom stereocenters. The third kappa shape index (κ3) is 3.51. The molecule has 4 bridgehead atoms. The van der Waals surface area contributed by atoms with Crippen LogP contribution in [0.5, 0.6) is 0 Å². The number of carbonyl (C=O) groups is 1. The van der Waals surface area contributed by atoms with Crippen LogP contribution in [0.3, 0.4) is 0 Å². The highest BCUT2D eigenvalue weighted by Gasteiger charge is 2.63. The molecule has 3 nitrogen and oxygen atoms in total. The third-order valence-electron chi connectivity index (χ3n) is 9.37. The van der Waals surface area contributed by atoms with Crippen LogP contribution in [-0.4, -0.2) is 18.0 Å². The number of hydrogen-bond acceptors (Lipinski definition) is 2. The van der Waals surface area contributed by atoms with Crippen molar-refractivity contribution in [3.63, 3.8) is 0 Å². The van der Waals surface area contributed by atoms with E-state index in [0.717, 1.165) is 62.7 Å².